The highest BCUT2D eigenvalue weighted by Gasteiger charge is 2.12. The standard InChI is InChI=1S/C17H16N4O5S/c22-14(19-11-4-1-5-12-16(11)21-27-20-12)10-26-15(23)7-2-8-18-17(24)13-6-3-9-25-13/h1,3-6,9H,2,7-8,10H2,(H,18,24)(H,19,22). The average Bonchev–Trinajstić information content (AvgIpc) is 3.35. The molecule has 0 saturated heterocycles. The van der Waals surface area contributed by atoms with Crippen LogP contribution in [-0.2, 0) is 14.3 Å². The minimum absolute atomic E-state index is 0.0807. The summed E-state index contributed by atoms with van der Waals surface area (Å²) >= 11 is 1.05. The molecule has 9 nitrogen and oxygen atoms in total. The number of hydrogen-bond donors (Lipinski definition) is 2. The Labute approximate surface area is 158 Å². The van der Waals surface area contributed by atoms with Gasteiger partial charge in [0.15, 0.2) is 12.4 Å². The highest BCUT2D eigenvalue weighted by atomic mass is 32.1. The molecule has 3 aromatic rings. The van der Waals surface area contributed by atoms with Crippen LogP contribution in [0, 0.1) is 0 Å². The Hall–Kier alpha value is -3.27. The van der Waals surface area contributed by atoms with E-state index >= 15 is 0 Å². The van der Waals surface area contributed by atoms with Crippen molar-refractivity contribution in [2.24, 2.45) is 0 Å². The summed E-state index contributed by atoms with van der Waals surface area (Å²) in [4.78, 5) is 35.3. The van der Waals surface area contributed by atoms with Gasteiger partial charge < -0.3 is 19.8 Å². The molecule has 10 heteroatoms. The molecule has 0 fully saturated rings. The predicted molar refractivity (Wildman–Crippen MR) is 97.3 cm³/mol. The van der Waals surface area contributed by atoms with E-state index in [-0.39, 0.29) is 18.1 Å². The van der Waals surface area contributed by atoms with Crippen molar-refractivity contribution in [3.05, 3.63) is 42.4 Å². The lowest BCUT2D eigenvalue weighted by Gasteiger charge is -2.07. The normalized spacial score (nSPS) is 10.5. The van der Waals surface area contributed by atoms with Crippen LogP contribution in [0.3, 0.4) is 0 Å². The highest BCUT2D eigenvalue weighted by molar-refractivity contribution is 7.00. The van der Waals surface area contributed by atoms with E-state index in [0.717, 1.165) is 11.7 Å². The molecule has 2 aromatic heterocycles. The van der Waals surface area contributed by atoms with Crippen LogP contribution in [0.1, 0.15) is 23.4 Å². The number of carbonyl (C=O) groups excluding carboxylic acids is 3. The number of aromatic nitrogens is 2. The fraction of sp³-hybridized carbons (Fsp3) is 0.235. The Morgan fingerprint density at radius 1 is 1.15 bits per heavy atom. The van der Waals surface area contributed by atoms with Gasteiger partial charge in [0.05, 0.1) is 23.7 Å². The lowest BCUT2D eigenvalue weighted by atomic mass is 10.2. The molecule has 140 valence electrons. The number of furan rings is 1. The van der Waals surface area contributed by atoms with Crippen LogP contribution >= 0.6 is 11.7 Å². The maximum absolute atomic E-state index is 11.9. The first-order valence-corrected chi connectivity index (χ1v) is 8.85. The summed E-state index contributed by atoms with van der Waals surface area (Å²) in [5, 5.41) is 5.27. The van der Waals surface area contributed by atoms with Crippen LogP contribution in [0.5, 0.6) is 0 Å². The number of esters is 1. The predicted octanol–water partition coefficient (Wildman–Crippen LogP) is 1.98. The summed E-state index contributed by atoms with van der Waals surface area (Å²) in [6.07, 6.45) is 1.87. The van der Waals surface area contributed by atoms with Gasteiger partial charge in [-0.3, -0.25) is 14.4 Å². The molecule has 0 unspecified atom stereocenters. The molecule has 2 amide bonds. The van der Waals surface area contributed by atoms with Crippen LogP contribution in [-0.4, -0.2) is 39.7 Å². The minimum Gasteiger partial charge on any atom is -0.459 e. The molecule has 0 bridgehead atoms. The summed E-state index contributed by atoms with van der Waals surface area (Å²) in [6, 6.07) is 8.40. The van der Waals surface area contributed by atoms with Gasteiger partial charge in [0.25, 0.3) is 11.8 Å². The van der Waals surface area contributed by atoms with E-state index in [0.29, 0.717) is 29.7 Å². The third kappa shape index (κ3) is 5.11. The second-order valence-electron chi connectivity index (χ2n) is 5.48. The number of ether oxygens (including phenoxy) is 1. The number of rotatable bonds is 8. The van der Waals surface area contributed by atoms with Crippen molar-refractivity contribution in [1.82, 2.24) is 14.1 Å². The Morgan fingerprint density at radius 3 is 2.85 bits per heavy atom. The third-order valence-electron chi connectivity index (χ3n) is 3.51. The Morgan fingerprint density at radius 2 is 2.04 bits per heavy atom. The van der Waals surface area contributed by atoms with Crippen LogP contribution in [0.2, 0.25) is 0 Å². The van der Waals surface area contributed by atoms with Crippen molar-refractivity contribution >= 4 is 46.2 Å². The Kier molecular flexibility index (Phi) is 6.10. The van der Waals surface area contributed by atoms with Gasteiger partial charge in [-0.2, -0.15) is 8.75 Å². The lowest BCUT2D eigenvalue weighted by molar-refractivity contribution is -0.147. The summed E-state index contributed by atoms with van der Waals surface area (Å²) in [5.74, 6) is -1.13. The Bertz CT molecular complexity index is 938. The molecule has 1 aromatic carbocycles. The maximum atomic E-state index is 11.9. The number of nitrogens with one attached hydrogen (secondary N) is 2. The second kappa shape index (κ2) is 8.90. The van der Waals surface area contributed by atoms with Crippen LogP contribution < -0.4 is 10.6 Å². The van der Waals surface area contributed by atoms with Gasteiger partial charge in [-0.15, -0.1) is 0 Å². The molecule has 0 aliphatic carbocycles. The molecule has 0 spiro atoms. The second-order valence-corrected chi connectivity index (χ2v) is 6.01. The van der Waals surface area contributed by atoms with Crippen LogP contribution in [0.25, 0.3) is 11.0 Å². The molecule has 27 heavy (non-hydrogen) atoms. The van der Waals surface area contributed by atoms with Crippen molar-refractivity contribution in [3.63, 3.8) is 0 Å². The number of hydrogen-bond acceptors (Lipinski definition) is 8. The van der Waals surface area contributed by atoms with E-state index in [1.807, 2.05) is 0 Å². The van der Waals surface area contributed by atoms with Gasteiger partial charge in [-0.05, 0) is 30.7 Å². The number of carbonyl (C=O) groups is 3. The molecule has 0 radical (unpaired) electrons. The number of nitrogens with zero attached hydrogens (tertiary/aromatic N) is 2. The van der Waals surface area contributed by atoms with Crippen LogP contribution in [0.15, 0.2) is 41.0 Å². The summed E-state index contributed by atoms with van der Waals surface area (Å²) in [6.45, 7) is -0.106. The van der Waals surface area contributed by atoms with Crippen molar-refractivity contribution < 1.29 is 23.5 Å². The lowest BCUT2D eigenvalue weighted by Crippen LogP contribution is -2.25. The third-order valence-corrected chi connectivity index (χ3v) is 4.06. The zero-order valence-corrected chi connectivity index (χ0v) is 15.0. The summed E-state index contributed by atoms with van der Waals surface area (Å²) < 4.78 is 18.1. The molecule has 2 N–H and O–H groups in total. The number of benzene rings is 1. The largest absolute Gasteiger partial charge is 0.459 e. The van der Waals surface area contributed by atoms with Gasteiger partial charge in [-0.1, -0.05) is 6.07 Å². The fourth-order valence-corrected chi connectivity index (χ4v) is 2.79. The molecular weight excluding hydrogens is 372 g/mol. The van der Waals surface area contributed by atoms with Crippen molar-refractivity contribution in [2.45, 2.75) is 12.8 Å². The van der Waals surface area contributed by atoms with Gasteiger partial charge in [0.2, 0.25) is 0 Å². The molecule has 0 aliphatic heterocycles. The quantitative estimate of drug-likeness (QED) is 0.447. The van der Waals surface area contributed by atoms with E-state index < -0.39 is 18.5 Å². The van der Waals surface area contributed by atoms with Crippen molar-refractivity contribution in [2.75, 3.05) is 18.5 Å². The fourth-order valence-electron chi connectivity index (χ4n) is 2.24. The minimum atomic E-state index is -0.522. The molecule has 0 saturated carbocycles. The molecular formula is C17H16N4O5S. The summed E-state index contributed by atoms with van der Waals surface area (Å²) in [5.41, 5.74) is 1.80. The van der Waals surface area contributed by atoms with Crippen LogP contribution in [0.4, 0.5) is 5.69 Å². The van der Waals surface area contributed by atoms with Crippen molar-refractivity contribution in [3.8, 4) is 0 Å². The SMILES string of the molecule is O=C(COC(=O)CCCNC(=O)c1ccco1)Nc1cccc2nsnc12. The average molecular weight is 388 g/mol. The van der Waals surface area contributed by atoms with E-state index in [1.54, 1.807) is 30.3 Å². The smallest absolute Gasteiger partial charge is 0.306 e. The first kappa shape index (κ1) is 18.5. The molecule has 0 aliphatic rings. The summed E-state index contributed by atoms with van der Waals surface area (Å²) in [7, 11) is 0. The number of anilines is 1. The van der Waals surface area contributed by atoms with Crippen molar-refractivity contribution in [1.29, 1.82) is 0 Å². The monoisotopic (exact) mass is 388 g/mol. The zero-order chi connectivity index (χ0) is 19.1. The highest BCUT2D eigenvalue weighted by Crippen LogP contribution is 2.20. The van der Waals surface area contributed by atoms with E-state index in [9.17, 15) is 14.4 Å². The van der Waals surface area contributed by atoms with E-state index in [2.05, 4.69) is 19.4 Å². The van der Waals surface area contributed by atoms with Gasteiger partial charge in [0.1, 0.15) is 11.0 Å². The topological polar surface area (TPSA) is 123 Å². The first-order chi connectivity index (χ1) is 13.1. The number of fused-ring (bicyclic) bond motifs is 1. The van der Waals surface area contributed by atoms with Gasteiger partial charge in [-0.25, -0.2) is 0 Å². The van der Waals surface area contributed by atoms with E-state index in [1.165, 1.54) is 6.26 Å². The maximum Gasteiger partial charge on any atom is 0.306 e. The molecule has 0 atom stereocenters. The zero-order valence-electron chi connectivity index (χ0n) is 14.1. The van der Waals surface area contributed by atoms with Gasteiger partial charge >= 0.3 is 5.97 Å². The molecule has 2 heterocycles. The van der Waals surface area contributed by atoms with Gasteiger partial charge in [0, 0.05) is 13.0 Å². The first-order valence-electron chi connectivity index (χ1n) is 8.12. The Balaban J connectivity index is 1.34. The number of amides is 2. The van der Waals surface area contributed by atoms with E-state index in [4.69, 9.17) is 9.15 Å². The molecule has 3 rings (SSSR count).